The Balaban J connectivity index is 1.11. The zero-order valence-electron chi connectivity index (χ0n) is 30.4. The number of nitrogens with zero attached hydrogens (tertiary/aromatic N) is 4. The number of rotatable bonds is 6. The van der Waals surface area contributed by atoms with Gasteiger partial charge < -0.3 is 28.1 Å². The molecule has 0 fully saturated rings. The predicted octanol–water partition coefficient (Wildman–Crippen LogP) is 11.1. The van der Waals surface area contributed by atoms with Gasteiger partial charge in [0, 0.05) is 33.5 Å². The molecule has 0 radical (unpaired) electrons. The van der Waals surface area contributed by atoms with Crippen LogP contribution in [-0.4, -0.2) is 14.0 Å². The molecule has 0 spiro atoms. The SMILES string of the molecule is Fc1cccc(N2B(c3ccc(B4N(c5cccc(F)c5)c5oc6ccccc6c5N4c4cccc(F)c4)cc3)N(c3cccc(F)c3)c3c2oc2ccccc32)c1. The largest absolute Gasteiger partial charge is 0.439 e. The minimum atomic E-state index is -0.656. The molecule has 2 aliphatic rings. The maximum Gasteiger partial charge on any atom is 0.423 e. The summed E-state index contributed by atoms with van der Waals surface area (Å²) in [6, 6.07) is 48.4. The summed E-state index contributed by atoms with van der Waals surface area (Å²) in [6.45, 7) is -1.31. The van der Waals surface area contributed by atoms with Gasteiger partial charge in [-0.2, -0.15) is 0 Å². The van der Waals surface area contributed by atoms with E-state index in [0.717, 1.165) is 21.7 Å². The van der Waals surface area contributed by atoms with Crippen molar-refractivity contribution in [3.8, 4) is 0 Å². The molecule has 0 unspecified atom stereocenters. The first-order valence-electron chi connectivity index (χ1n) is 18.7. The number of benzene rings is 7. The number of hydrogen-bond acceptors (Lipinski definition) is 6. The van der Waals surface area contributed by atoms with E-state index in [-0.39, 0.29) is 0 Å². The van der Waals surface area contributed by atoms with Crippen LogP contribution in [0.1, 0.15) is 0 Å². The van der Waals surface area contributed by atoms with Gasteiger partial charge in [0.15, 0.2) is 0 Å². The van der Waals surface area contributed by atoms with Crippen LogP contribution in [0.2, 0.25) is 0 Å². The zero-order chi connectivity index (χ0) is 39.1. The van der Waals surface area contributed by atoms with Crippen molar-refractivity contribution in [1.82, 2.24) is 0 Å². The van der Waals surface area contributed by atoms with Gasteiger partial charge >= 0.3 is 14.0 Å². The Kier molecular flexibility index (Phi) is 7.69. The van der Waals surface area contributed by atoms with E-state index < -0.39 is 37.2 Å². The van der Waals surface area contributed by atoms with E-state index in [0.29, 0.717) is 57.1 Å². The molecule has 0 amide bonds. The summed E-state index contributed by atoms with van der Waals surface area (Å²) in [4.78, 5) is 7.87. The van der Waals surface area contributed by atoms with E-state index in [1.807, 2.05) is 116 Å². The topological polar surface area (TPSA) is 39.2 Å². The van der Waals surface area contributed by atoms with Crippen LogP contribution in [-0.2, 0) is 0 Å². The summed E-state index contributed by atoms with van der Waals surface area (Å²) in [5.41, 5.74) is 6.46. The molecular formula is C46H28B2F4N4O2. The molecule has 4 heterocycles. The second-order valence-corrected chi connectivity index (χ2v) is 14.3. The maximum absolute atomic E-state index is 15.1. The molecule has 58 heavy (non-hydrogen) atoms. The summed E-state index contributed by atoms with van der Waals surface area (Å²) in [7, 11) is 0. The number of halogens is 4. The van der Waals surface area contributed by atoms with Gasteiger partial charge in [0.25, 0.3) is 0 Å². The minimum absolute atomic E-state index is 0.411. The molecule has 0 bridgehead atoms. The molecule has 0 aliphatic carbocycles. The van der Waals surface area contributed by atoms with E-state index in [1.54, 1.807) is 24.3 Å². The Morgan fingerprint density at radius 3 is 1.02 bits per heavy atom. The van der Waals surface area contributed by atoms with E-state index in [2.05, 4.69) is 0 Å². The normalized spacial score (nSPS) is 13.7. The van der Waals surface area contributed by atoms with Crippen molar-refractivity contribution in [3.63, 3.8) is 0 Å². The van der Waals surface area contributed by atoms with Crippen molar-refractivity contribution < 1.29 is 26.4 Å². The van der Waals surface area contributed by atoms with Crippen LogP contribution < -0.4 is 30.2 Å². The molecule has 12 heteroatoms. The summed E-state index contributed by atoms with van der Waals surface area (Å²) in [5, 5.41) is 1.62. The number of furan rings is 2. The number of para-hydroxylation sites is 2. The Morgan fingerprint density at radius 2 is 0.672 bits per heavy atom. The summed E-state index contributed by atoms with van der Waals surface area (Å²) in [5.74, 6) is -0.710. The molecule has 0 atom stereocenters. The van der Waals surface area contributed by atoms with Gasteiger partial charge in [-0.05, 0) is 108 Å². The Labute approximate surface area is 330 Å². The third-order valence-electron chi connectivity index (χ3n) is 10.9. The third-order valence-corrected chi connectivity index (χ3v) is 10.9. The van der Waals surface area contributed by atoms with Crippen LogP contribution in [0.4, 0.5) is 63.5 Å². The summed E-state index contributed by atoms with van der Waals surface area (Å²) in [6.07, 6.45) is 0. The standard InChI is InChI=1S/C46H28B2F4N4O2/c49-31-9-5-13-35(25-31)53-43-39-17-1-3-19-41(39)57-45(43)55(37-15-7-11-33(51)27-37)47(53)29-21-23-30(24-22-29)48-54(36-14-6-10-32(50)26-36)44-40-18-2-4-20-42(40)58-46(44)56(48)38-16-8-12-34(52)28-38/h1-28H. The first kappa shape index (κ1) is 34.0. The molecule has 278 valence electrons. The average Bonchev–Trinajstić information content (AvgIpc) is 3.97. The highest BCUT2D eigenvalue weighted by molar-refractivity contribution is 6.86. The molecule has 0 saturated heterocycles. The Hall–Kier alpha value is -7.33. The van der Waals surface area contributed by atoms with Gasteiger partial charge in [-0.25, -0.2) is 17.6 Å². The highest BCUT2D eigenvalue weighted by Crippen LogP contribution is 2.53. The molecule has 0 N–H and O–H groups in total. The lowest BCUT2D eigenvalue weighted by molar-refractivity contribution is 0.621. The fraction of sp³-hybridized carbons (Fsp3) is 0. The fourth-order valence-corrected chi connectivity index (χ4v) is 8.53. The lowest BCUT2D eigenvalue weighted by Crippen LogP contribution is -2.55. The summed E-state index contributed by atoms with van der Waals surface area (Å²) >= 11 is 0. The first-order chi connectivity index (χ1) is 28.4. The second kappa shape index (κ2) is 13.1. The molecule has 2 aromatic heterocycles. The van der Waals surface area contributed by atoms with Crippen molar-refractivity contribution >= 4 is 92.7 Å². The van der Waals surface area contributed by atoms with Crippen molar-refractivity contribution in [1.29, 1.82) is 0 Å². The van der Waals surface area contributed by atoms with Gasteiger partial charge in [0.1, 0.15) is 45.8 Å². The molecule has 9 aromatic rings. The van der Waals surface area contributed by atoms with Crippen molar-refractivity contribution in [3.05, 3.63) is 193 Å². The predicted molar refractivity (Wildman–Crippen MR) is 224 cm³/mol. The van der Waals surface area contributed by atoms with Crippen LogP contribution in [0.3, 0.4) is 0 Å². The van der Waals surface area contributed by atoms with Crippen LogP contribution in [0.15, 0.2) is 179 Å². The third kappa shape index (κ3) is 5.28. The van der Waals surface area contributed by atoms with Crippen LogP contribution in [0.5, 0.6) is 0 Å². The Morgan fingerprint density at radius 1 is 0.345 bits per heavy atom. The van der Waals surface area contributed by atoms with Gasteiger partial charge in [-0.1, -0.05) is 72.8 Å². The second-order valence-electron chi connectivity index (χ2n) is 14.3. The summed E-state index contributed by atoms with van der Waals surface area (Å²) < 4.78 is 73.3. The number of hydrogen-bond donors (Lipinski definition) is 0. The van der Waals surface area contributed by atoms with E-state index >= 15 is 17.6 Å². The van der Waals surface area contributed by atoms with Crippen LogP contribution >= 0.6 is 0 Å². The highest BCUT2D eigenvalue weighted by Gasteiger charge is 2.50. The smallest absolute Gasteiger partial charge is 0.423 e. The lowest BCUT2D eigenvalue weighted by Gasteiger charge is -2.31. The molecule has 6 nitrogen and oxygen atoms in total. The molecule has 2 aliphatic heterocycles. The van der Waals surface area contributed by atoms with Gasteiger partial charge in [0.2, 0.25) is 11.8 Å². The van der Waals surface area contributed by atoms with E-state index in [1.165, 1.54) is 48.5 Å². The van der Waals surface area contributed by atoms with E-state index in [4.69, 9.17) is 8.83 Å². The minimum Gasteiger partial charge on any atom is -0.439 e. The van der Waals surface area contributed by atoms with E-state index in [9.17, 15) is 0 Å². The van der Waals surface area contributed by atoms with Gasteiger partial charge in [-0.15, -0.1) is 0 Å². The lowest BCUT2D eigenvalue weighted by atomic mass is 9.60. The monoisotopic (exact) mass is 766 g/mol. The fourth-order valence-electron chi connectivity index (χ4n) is 8.53. The van der Waals surface area contributed by atoms with Gasteiger partial charge in [0.05, 0.1) is 0 Å². The highest BCUT2D eigenvalue weighted by atomic mass is 19.1. The quantitative estimate of drug-likeness (QED) is 0.124. The van der Waals surface area contributed by atoms with Crippen molar-refractivity contribution in [2.75, 3.05) is 19.2 Å². The van der Waals surface area contributed by atoms with Gasteiger partial charge in [-0.3, -0.25) is 0 Å². The van der Waals surface area contributed by atoms with Crippen molar-refractivity contribution in [2.24, 2.45) is 0 Å². The Bertz CT molecular complexity index is 2840. The first-order valence-corrected chi connectivity index (χ1v) is 18.7. The molecule has 0 saturated carbocycles. The zero-order valence-corrected chi connectivity index (χ0v) is 30.4. The number of fused-ring (bicyclic) bond motifs is 6. The average molecular weight is 766 g/mol. The van der Waals surface area contributed by atoms with Crippen molar-refractivity contribution in [2.45, 2.75) is 0 Å². The number of anilines is 8. The molecule has 7 aromatic carbocycles. The molecular weight excluding hydrogens is 738 g/mol. The van der Waals surface area contributed by atoms with Crippen LogP contribution in [0, 0.1) is 23.3 Å². The molecule has 11 rings (SSSR count). The van der Waals surface area contributed by atoms with Crippen LogP contribution in [0.25, 0.3) is 21.9 Å². The maximum atomic E-state index is 15.1.